The number of anilines is 1. The zero-order chi connectivity index (χ0) is 14.7. The lowest BCUT2D eigenvalue weighted by Crippen LogP contribution is -2.28. The molecule has 1 heterocycles. The van der Waals surface area contributed by atoms with E-state index in [4.69, 9.17) is 14.9 Å². The number of carbonyl (C=O) groups excluding carboxylic acids is 1. The van der Waals surface area contributed by atoms with E-state index in [0.29, 0.717) is 36.3 Å². The smallest absolute Gasteiger partial charge is 0.287 e. The highest BCUT2D eigenvalue weighted by molar-refractivity contribution is 5.96. The lowest BCUT2D eigenvalue weighted by Gasteiger charge is -2.10. The van der Waals surface area contributed by atoms with Crippen LogP contribution in [0.2, 0.25) is 0 Å². The number of nitrogens with one attached hydrogen (secondary N) is 1. The lowest BCUT2D eigenvalue weighted by atomic mass is 10.2. The molecule has 3 N–H and O–H groups in total. The molecule has 1 aliphatic rings. The van der Waals surface area contributed by atoms with Gasteiger partial charge < -0.3 is 20.2 Å². The molecule has 5 nitrogen and oxygen atoms in total. The summed E-state index contributed by atoms with van der Waals surface area (Å²) in [5, 5.41) is 3.65. The fourth-order valence-corrected chi connectivity index (χ4v) is 2.71. The summed E-state index contributed by atoms with van der Waals surface area (Å²) >= 11 is 0. The van der Waals surface area contributed by atoms with Crippen molar-refractivity contribution < 1.29 is 13.9 Å². The number of benzene rings is 1. The van der Waals surface area contributed by atoms with Crippen LogP contribution >= 0.6 is 0 Å². The number of ether oxygens (including phenoxy) is 1. The lowest BCUT2D eigenvalue weighted by molar-refractivity contribution is 0.0578. The van der Waals surface area contributed by atoms with Gasteiger partial charge in [-0.05, 0) is 37.1 Å². The number of carbonyl (C=O) groups is 1. The average Bonchev–Trinajstić information content (AvgIpc) is 3.11. The van der Waals surface area contributed by atoms with E-state index in [1.807, 2.05) is 0 Å². The molecule has 1 saturated carbocycles. The van der Waals surface area contributed by atoms with Gasteiger partial charge >= 0.3 is 0 Å². The van der Waals surface area contributed by atoms with Crippen molar-refractivity contribution in [3.05, 3.63) is 30.0 Å². The molecule has 1 fully saturated rings. The minimum atomic E-state index is -0.222. The molecule has 0 unspecified atom stereocenters. The Kier molecular flexibility index (Phi) is 4.10. The van der Waals surface area contributed by atoms with Crippen LogP contribution in [-0.4, -0.2) is 25.2 Å². The van der Waals surface area contributed by atoms with E-state index >= 15 is 0 Å². The van der Waals surface area contributed by atoms with E-state index in [2.05, 4.69) is 5.32 Å². The quantitative estimate of drug-likeness (QED) is 0.655. The van der Waals surface area contributed by atoms with Crippen LogP contribution < -0.4 is 11.1 Å². The van der Waals surface area contributed by atoms with Crippen molar-refractivity contribution in [2.45, 2.75) is 31.8 Å². The predicted molar refractivity (Wildman–Crippen MR) is 81.2 cm³/mol. The van der Waals surface area contributed by atoms with Gasteiger partial charge in [0.2, 0.25) is 0 Å². The first-order valence-corrected chi connectivity index (χ1v) is 7.41. The van der Waals surface area contributed by atoms with Gasteiger partial charge in [-0.1, -0.05) is 12.8 Å². The van der Waals surface area contributed by atoms with Crippen molar-refractivity contribution in [2.24, 2.45) is 0 Å². The summed E-state index contributed by atoms with van der Waals surface area (Å²) in [7, 11) is 0. The van der Waals surface area contributed by atoms with Crippen LogP contribution in [0.15, 0.2) is 28.7 Å². The standard InChI is InChI=1S/C16H20N2O3/c17-12-5-6-14-11(9-12)10-15(21-14)16(19)18-7-8-20-13-3-1-2-4-13/h5-6,9-10,13H,1-4,7-8,17H2,(H,18,19). The van der Waals surface area contributed by atoms with E-state index in [1.165, 1.54) is 12.8 Å². The topological polar surface area (TPSA) is 77.5 Å². The number of hydrogen-bond donors (Lipinski definition) is 2. The van der Waals surface area contributed by atoms with Crippen molar-refractivity contribution in [1.29, 1.82) is 0 Å². The van der Waals surface area contributed by atoms with E-state index in [0.717, 1.165) is 18.2 Å². The molecule has 1 aromatic heterocycles. The Morgan fingerprint density at radius 3 is 2.95 bits per heavy atom. The number of fused-ring (bicyclic) bond motifs is 1. The van der Waals surface area contributed by atoms with Crippen LogP contribution in [0.3, 0.4) is 0 Å². The first-order valence-electron chi connectivity index (χ1n) is 7.41. The van der Waals surface area contributed by atoms with Gasteiger partial charge in [0.15, 0.2) is 5.76 Å². The predicted octanol–water partition coefficient (Wildman–Crippen LogP) is 2.70. The maximum atomic E-state index is 12.0. The van der Waals surface area contributed by atoms with Crippen LogP contribution in [-0.2, 0) is 4.74 Å². The van der Waals surface area contributed by atoms with Crippen LogP contribution in [0.4, 0.5) is 5.69 Å². The van der Waals surface area contributed by atoms with Crippen molar-refractivity contribution in [3.63, 3.8) is 0 Å². The molecule has 1 amide bonds. The summed E-state index contributed by atoms with van der Waals surface area (Å²) in [5.41, 5.74) is 7.02. The Morgan fingerprint density at radius 2 is 2.14 bits per heavy atom. The van der Waals surface area contributed by atoms with Gasteiger partial charge in [0.25, 0.3) is 5.91 Å². The summed E-state index contributed by atoms with van der Waals surface area (Å²) in [6.45, 7) is 1.04. The molecule has 5 heteroatoms. The Balaban J connectivity index is 1.51. The highest BCUT2D eigenvalue weighted by Gasteiger charge is 2.15. The molecule has 0 radical (unpaired) electrons. The first kappa shape index (κ1) is 13.9. The highest BCUT2D eigenvalue weighted by Crippen LogP contribution is 2.22. The van der Waals surface area contributed by atoms with Gasteiger partial charge in [-0.25, -0.2) is 0 Å². The largest absolute Gasteiger partial charge is 0.451 e. The van der Waals surface area contributed by atoms with Gasteiger partial charge in [0.1, 0.15) is 5.58 Å². The molecular formula is C16H20N2O3. The fourth-order valence-electron chi connectivity index (χ4n) is 2.71. The summed E-state index contributed by atoms with van der Waals surface area (Å²) < 4.78 is 11.2. The van der Waals surface area contributed by atoms with Crippen molar-refractivity contribution in [1.82, 2.24) is 5.32 Å². The van der Waals surface area contributed by atoms with Crippen molar-refractivity contribution in [3.8, 4) is 0 Å². The number of amides is 1. The maximum absolute atomic E-state index is 12.0. The molecule has 1 aromatic carbocycles. The third-order valence-electron chi connectivity index (χ3n) is 3.81. The summed E-state index contributed by atoms with van der Waals surface area (Å²) in [6, 6.07) is 7.02. The Bertz CT molecular complexity index is 629. The van der Waals surface area contributed by atoms with Gasteiger partial charge in [0.05, 0.1) is 12.7 Å². The molecule has 2 aromatic rings. The normalized spacial score (nSPS) is 15.6. The van der Waals surface area contributed by atoms with Crippen molar-refractivity contribution in [2.75, 3.05) is 18.9 Å². The maximum Gasteiger partial charge on any atom is 0.287 e. The third-order valence-corrected chi connectivity index (χ3v) is 3.81. The Morgan fingerprint density at radius 1 is 1.33 bits per heavy atom. The third kappa shape index (κ3) is 3.36. The number of nitrogen functional groups attached to an aromatic ring is 1. The molecule has 0 bridgehead atoms. The molecule has 112 valence electrons. The summed E-state index contributed by atoms with van der Waals surface area (Å²) in [5.74, 6) is 0.0799. The van der Waals surface area contributed by atoms with Gasteiger partial charge in [-0.3, -0.25) is 4.79 Å². The number of rotatable bonds is 5. The molecule has 0 aliphatic heterocycles. The summed E-state index contributed by atoms with van der Waals surface area (Å²) in [4.78, 5) is 12.0. The second kappa shape index (κ2) is 6.18. The van der Waals surface area contributed by atoms with Crippen LogP contribution in [0.5, 0.6) is 0 Å². The first-order chi connectivity index (χ1) is 10.2. The monoisotopic (exact) mass is 288 g/mol. The van der Waals surface area contributed by atoms with E-state index in [-0.39, 0.29) is 5.91 Å². The number of hydrogen-bond acceptors (Lipinski definition) is 4. The zero-order valence-corrected chi connectivity index (χ0v) is 11.9. The Hall–Kier alpha value is -2.01. The molecule has 21 heavy (non-hydrogen) atoms. The minimum absolute atomic E-state index is 0.222. The summed E-state index contributed by atoms with van der Waals surface area (Å²) in [6.07, 6.45) is 5.15. The van der Waals surface area contributed by atoms with Gasteiger partial charge in [-0.15, -0.1) is 0 Å². The molecule has 1 aliphatic carbocycles. The van der Waals surface area contributed by atoms with Crippen LogP contribution in [0.1, 0.15) is 36.2 Å². The van der Waals surface area contributed by atoms with Crippen LogP contribution in [0.25, 0.3) is 11.0 Å². The Labute approximate surface area is 123 Å². The molecule has 0 spiro atoms. The van der Waals surface area contributed by atoms with Gasteiger partial charge in [0, 0.05) is 17.6 Å². The molecular weight excluding hydrogens is 268 g/mol. The van der Waals surface area contributed by atoms with Gasteiger partial charge in [-0.2, -0.15) is 0 Å². The highest BCUT2D eigenvalue weighted by atomic mass is 16.5. The SMILES string of the molecule is Nc1ccc2oc(C(=O)NCCOC3CCCC3)cc2c1. The van der Waals surface area contributed by atoms with E-state index in [1.54, 1.807) is 24.3 Å². The van der Waals surface area contributed by atoms with E-state index in [9.17, 15) is 4.79 Å². The fraction of sp³-hybridized carbons (Fsp3) is 0.438. The average molecular weight is 288 g/mol. The molecule has 0 atom stereocenters. The zero-order valence-electron chi connectivity index (χ0n) is 11.9. The van der Waals surface area contributed by atoms with E-state index < -0.39 is 0 Å². The minimum Gasteiger partial charge on any atom is -0.451 e. The second-order valence-corrected chi connectivity index (χ2v) is 5.44. The second-order valence-electron chi connectivity index (χ2n) is 5.44. The van der Waals surface area contributed by atoms with Crippen molar-refractivity contribution >= 4 is 22.6 Å². The molecule has 3 rings (SSSR count). The number of nitrogens with two attached hydrogens (primary N) is 1. The van der Waals surface area contributed by atoms with Crippen LogP contribution in [0, 0.1) is 0 Å². The molecule has 0 saturated heterocycles. The number of furan rings is 1.